The Bertz CT molecular complexity index is 1690. The molecule has 0 spiro atoms. The molecule has 6 rings (SSSR count). The van der Waals surface area contributed by atoms with Crippen LogP contribution in [-0.2, 0) is 11.2 Å². The number of aromatic nitrogens is 4. The molecule has 0 aliphatic carbocycles. The van der Waals surface area contributed by atoms with Gasteiger partial charge in [-0.05, 0) is 61.2 Å². The number of nitrogens with zero attached hydrogens (tertiary/aromatic N) is 5. The molecule has 1 aliphatic heterocycles. The summed E-state index contributed by atoms with van der Waals surface area (Å²) >= 11 is 1.34. The van der Waals surface area contributed by atoms with Crippen molar-refractivity contribution < 1.29 is 4.79 Å². The molecule has 8 heteroatoms. The first-order valence-corrected chi connectivity index (χ1v) is 12.5. The Labute approximate surface area is 206 Å². The lowest BCUT2D eigenvalue weighted by Crippen LogP contribution is -2.30. The number of carbonyl (C=O) groups is 1. The third-order valence-electron chi connectivity index (χ3n) is 6.51. The summed E-state index contributed by atoms with van der Waals surface area (Å²) in [4.78, 5) is 28.5. The van der Waals surface area contributed by atoms with E-state index in [1.165, 1.54) is 17.3 Å². The van der Waals surface area contributed by atoms with Crippen molar-refractivity contribution in [3.05, 3.63) is 93.8 Å². The van der Waals surface area contributed by atoms with Gasteiger partial charge in [-0.2, -0.15) is 0 Å². The van der Waals surface area contributed by atoms with Gasteiger partial charge in [-0.1, -0.05) is 54.2 Å². The lowest BCUT2D eigenvalue weighted by molar-refractivity contribution is -0.116. The maximum atomic E-state index is 13.6. The van der Waals surface area contributed by atoms with E-state index in [-0.39, 0.29) is 17.2 Å². The van der Waals surface area contributed by atoms with Crippen molar-refractivity contribution in [3.8, 4) is 5.69 Å². The summed E-state index contributed by atoms with van der Waals surface area (Å²) in [5, 5.41) is 9.98. The lowest BCUT2D eigenvalue weighted by Gasteiger charge is -2.17. The van der Waals surface area contributed by atoms with E-state index in [0.29, 0.717) is 22.9 Å². The molecule has 0 radical (unpaired) electrons. The molecule has 3 heterocycles. The summed E-state index contributed by atoms with van der Waals surface area (Å²) in [5.41, 5.74) is 5.56. The second-order valence-corrected chi connectivity index (χ2v) is 9.72. The zero-order valence-electron chi connectivity index (χ0n) is 19.4. The molecule has 35 heavy (non-hydrogen) atoms. The standard InChI is InChI=1S/C27H23N5O2S/c1-17-11-12-18(2)23(15-17)31-25(34)20-8-4-6-10-22(20)32-26(31)28-29-27(32)35-16-24(33)30-14-13-19-7-3-5-9-21(19)30/h3-12,15H,13-14,16H2,1-2H3. The minimum absolute atomic E-state index is 0.0313. The number of hydrogen-bond acceptors (Lipinski definition) is 5. The summed E-state index contributed by atoms with van der Waals surface area (Å²) in [5.74, 6) is 0.694. The highest BCUT2D eigenvalue weighted by Gasteiger charge is 2.25. The number of rotatable bonds is 4. The molecule has 7 nitrogen and oxygen atoms in total. The number of carbonyl (C=O) groups excluding carboxylic acids is 1. The van der Waals surface area contributed by atoms with Crippen LogP contribution in [0.3, 0.4) is 0 Å². The fourth-order valence-electron chi connectivity index (χ4n) is 4.75. The average Bonchev–Trinajstić information content (AvgIpc) is 3.49. The maximum absolute atomic E-state index is 13.6. The lowest BCUT2D eigenvalue weighted by atomic mass is 10.1. The summed E-state index contributed by atoms with van der Waals surface area (Å²) in [7, 11) is 0. The Hall–Kier alpha value is -3.91. The Kier molecular flexibility index (Phi) is 5.18. The Morgan fingerprint density at radius 3 is 2.66 bits per heavy atom. The van der Waals surface area contributed by atoms with Crippen LogP contribution in [0.25, 0.3) is 22.4 Å². The van der Waals surface area contributed by atoms with E-state index < -0.39 is 0 Å². The highest BCUT2D eigenvalue weighted by Crippen LogP contribution is 2.29. The number of thioether (sulfide) groups is 1. The molecular weight excluding hydrogens is 458 g/mol. The number of hydrogen-bond donors (Lipinski definition) is 0. The quantitative estimate of drug-likeness (QED) is 0.357. The highest BCUT2D eigenvalue weighted by atomic mass is 32.2. The molecule has 3 aromatic carbocycles. The Morgan fingerprint density at radius 2 is 1.77 bits per heavy atom. The molecular formula is C27H23N5O2S. The zero-order chi connectivity index (χ0) is 24.1. The van der Waals surface area contributed by atoms with Gasteiger partial charge in [0.1, 0.15) is 0 Å². The molecule has 2 aromatic heterocycles. The van der Waals surface area contributed by atoms with Crippen molar-refractivity contribution in [3.63, 3.8) is 0 Å². The first-order valence-electron chi connectivity index (χ1n) is 11.5. The van der Waals surface area contributed by atoms with Crippen LogP contribution in [0.4, 0.5) is 5.69 Å². The summed E-state index contributed by atoms with van der Waals surface area (Å²) in [6.07, 6.45) is 0.868. The Balaban J connectivity index is 1.44. The predicted molar refractivity (Wildman–Crippen MR) is 139 cm³/mol. The van der Waals surface area contributed by atoms with Crippen LogP contribution in [0.5, 0.6) is 0 Å². The van der Waals surface area contributed by atoms with Crippen LogP contribution in [0.15, 0.2) is 76.7 Å². The van der Waals surface area contributed by atoms with Crippen molar-refractivity contribution in [2.24, 2.45) is 0 Å². The van der Waals surface area contributed by atoms with Crippen molar-refractivity contribution in [2.75, 3.05) is 17.2 Å². The first kappa shape index (κ1) is 21.6. The van der Waals surface area contributed by atoms with Crippen LogP contribution in [0.2, 0.25) is 0 Å². The van der Waals surface area contributed by atoms with Gasteiger partial charge >= 0.3 is 0 Å². The topological polar surface area (TPSA) is 72.5 Å². The van der Waals surface area contributed by atoms with Gasteiger partial charge in [0.2, 0.25) is 11.7 Å². The third-order valence-corrected chi connectivity index (χ3v) is 7.43. The van der Waals surface area contributed by atoms with E-state index >= 15 is 0 Å². The fourth-order valence-corrected chi connectivity index (χ4v) is 5.57. The van der Waals surface area contributed by atoms with E-state index in [2.05, 4.69) is 16.3 Å². The normalized spacial score (nSPS) is 13.0. The van der Waals surface area contributed by atoms with Crippen LogP contribution in [-0.4, -0.2) is 37.4 Å². The summed E-state index contributed by atoms with van der Waals surface area (Å²) < 4.78 is 3.51. The van der Waals surface area contributed by atoms with Gasteiger partial charge in [-0.25, -0.2) is 4.57 Å². The monoisotopic (exact) mass is 481 g/mol. The van der Waals surface area contributed by atoms with Crippen LogP contribution in [0.1, 0.15) is 16.7 Å². The fraction of sp³-hybridized carbons (Fsp3) is 0.185. The molecule has 0 N–H and O–H groups in total. The second-order valence-electron chi connectivity index (χ2n) is 8.78. The van der Waals surface area contributed by atoms with Crippen molar-refractivity contribution in [1.29, 1.82) is 0 Å². The molecule has 0 unspecified atom stereocenters. The highest BCUT2D eigenvalue weighted by molar-refractivity contribution is 7.99. The van der Waals surface area contributed by atoms with Crippen LogP contribution < -0.4 is 10.5 Å². The van der Waals surface area contributed by atoms with E-state index in [4.69, 9.17) is 0 Å². The number of fused-ring (bicyclic) bond motifs is 4. The molecule has 1 amide bonds. The minimum atomic E-state index is -0.143. The molecule has 174 valence electrons. The van der Waals surface area contributed by atoms with E-state index in [9.17, 15) is 9.59 Å². The molecule has 0 atom stereocenters. The second kappa shape index (κ2) is 8.39. The molecule has 5 aromatic rings. The van der Waals surface area contributed by atoms with Crippen molar-refractivity contribution in [2.45, 2.75) is 25.4 Å². The van der Waals surface area contributed by atoms with Gasteiger partial charge in [-0.15, -0.1) is 10.2 Å². The Morgan fingerprint density at radius 1 is 0.971 bits per heavy atom. The number of amides is 1. The van der Waals surface area contributed by atoms with Crippen LogP contribution >= 0.6 is 11.8 Å². The molecule has 0 bridgehead atoms. The van der Waals surface area contributed by atoms with Gasteiger partial charge in [0, 0.05) is 12.2 Å². The average molecular weight is 482 g/mol. The molecule has 0 saturated heterocycles. The molecule has 0 fully saturated rings. The van der Waals surface area contributed by atoms with Gasteiger partial charge in [0.25, 0.3) is 5.56 Å². The smallest absolute Gasteiger partial charge is 0.267 e. The summed E-state index contributed by atoms with van der Waals surface area (Å²) in [6.45, 7) is 4.67. The van der Waals surface area contributed by atoms with Crippen LogP contribution in [0, 0.1) is 13.8 Å². The zero-order valence-corrected chi connectivity index (χ0v) is 20.2. The van der Waals surface area contributed by atoms with Gasteiger partial charge in [0.15, 0.2) is 5.16 Å². The number of benzene rings is 3. The predicted octanol–water partition coefficient (Wildman–Crippen LogP) is 4.33. The van der Waals surface area contributed by atoms with E-state index in [1.807, 2.05) is 83.8 Å². The number of anilines is 1. The summed E-state index contributed by atoms with van der Waals surface area (Å²) in [6, 6.07) is 21.5. The van der Waals surface area contributed by atoms with Gasteiger partial charge < -0.3 is 4.90 Å². The SMILES string of the molecule is Cc1ccc(C)c(-n2c(=O)c3ccccc3n3c(SCC(=O)N4CCc5ccccc54)nnc23)c1. The number of aryl methyl sites for hydroxylation is 2. The van der Waals surface area contributed by atoms with Crippen molar-refractivity contribution >= 4 is 40.0 Å². The first-order chi connectivity index (χ1) is 17.0. The van der Waals surface area contributed by atoms with Gasteiger partial charge in [-0.3, -0.25) is 14.0 Å². The molecule has 0 saturated carbocycles. The van der Waals surface area contributed by atoms with E-state index in [0.717, 1.165) is 34.4 Å². The maximum Gasteiger partial charge on any atom is 0.267 e. The molecule has 1 aliphatic rings. The van der Waals surface area contributed by atoms with Gasteiger partial charge in [0.05, 0.1) is 22.3 Å². The number of para-hydroxylation sites is 2. The van der Waals surface area contributed by atoms with Crippen molar-refractivity contribution in [1.82, 2.24) is 19.2 Å². The largest absolute Gasteiger partial charge is 0.311 e. The van der Waals surface area contributed by atoms with E-state index in [1.54, 1.807) is 4.57 Å². The third kappa shape index (κ3) is 3.52. The minimum Gasteiger partial charge on any atom is -0.311 e.